The van der Waals surface area contributed by atoms with Crippen molar-refractivity contribution in [2.45, 2.75) is 91.9 Å². The average Bonchev–Trinajstić information content (AvgIpc) is 2.86. The van der Waals surface area contributed by atoms with Crippen molar-refractivity contribution in [2.24, 2.45) is 20.0 Å². The maximum atomic E-state index is 5.55. The summed E-state index contributed by atoms with van der Waals surface area (Å²) in [4.78, 5) is 17.8. The van der Waals surface area contributed by atoms with Gasteiger partial charge in [0.1, 0.15) is 0 Å². The number of ether oxygens (including phenoxy) is 2. The van der Waals surface area contributed by atoms with E-state index in [0.29, 0.717) is 13.2 Å². The van der Waals surface area contributed by atoms with E-state index in [0.717, 1.165) is 63.9 Å². The molecular formula is C28H53N5O2. The minimum atomic E-state index is 0.668. The van der Waals surface area contributed by atoms with Crippen LogP contribution in [0.4, 0.5) is 0 Å². The van der Waals surface area contributed by atoms with E-state index >= 15 is 0 Å². The number of aliphatic imine (C=N–C) groups is 4. The van der Waals surface area contributed by atoms with Crippen molar-refractivity contribution in [1.82, 2.24) is 5.32 Å². The Labute approximate surface area is 215 Å². The zero-order chi connectivity index (χ0) is 25.4. The topological polar surface area (TPSA) is 79.9 Å². The van der Waals surface area contributed by atoms with Gasteiger partial charge in [-0.15, -0.1) is 0 Å². The van der Waals surface area contributed by atoms with Crippen LogP contribution in [0.3, 0.4) is 0 Å². The van der Waals surface area contributed by atoms with Gasteiger partial charge in [0.25, 0.3) is 0 Å². The highest BCUT2D eigenvalue weighted by molar-refractivity contribution is 5.85. The lowest BCUT2D eigenvalue weighted by Crippen LogP contribution is -2.21. The molecule has 2 saturated carbocycles. The molecule has 7 nitrogen and oxygen atoms in total. The Morgan fingerprint density at radius 3 is 1.34 bits per heavy atom. The molecule has 0 atom stereocenters. The molecule has 0 saturated heterocycles. The first-order chi connectivity index (χ1) is 17.1. The van der Waals surface area contributed by atoms with Crippen LogP contribution in [0.15, 0.2) is 20.0 Å². The molecule has 0 spiro atoms. The summed E-state index contributed by atoms with van der Waals surface area (Å²) < 4.78 is 11.1. The Morgan fingerprint density at radius 1 is 0.571 bits per heavy atom. The van der Waals surface area contributed by atoms with Crippen molar-refractivity contribution in [1.29, 1.82) is 0 Å². The summed E-state index contributed by atoms with van der Waals surface area (Å²) in [7, 11) is 0. The van der Waals surface area contributed by atoms with E-state index in [1.54, 1.807) is 0 Å². The lowest BCUT2D eigenvalue weighted by molar-refractivity contribution is 0.0540. The largest absolute Gasteiger partial charge is 0.377 e. The van der Waals surface area contributed by atoms with Crippen LogP contribution >= 0.6 is 0 Å². The molecule has 35 heavy (non-hydrogen) atoms. The molecule has 0 aromatic heterocycles. The number of nitrogens with one attached hydrogen (secondary N) is 1. The molecule has 0 aliphatic heterocycles. The molecular weight excluding hydrogens is 438 g/mol. The predicted octanol–water partition coefficient (Wildman–Crippen LogP) is 5.37. The standard InChI is InChI=1S/C18H32N2O2.C10H21N3/c1-3-7-17(8-4-1)19-11-13-21-15-16-22-14-12-20-18-9-5-2-6-10-18;1-9(2)12-7-5-11-6-8-13-10(3)4/h1-16H2;11H,5-8H2,1-4H3. The molecule has 1 N–H and O–H groups in total. The molecule has 0 amide bonds. The van der Waals surface area contributed by atoms with Gasteiger partial charge in [-0.05, 0) is 79.1 Å². The van der Waals surface area contributed by atoms with Gasteiger partial charge < -0.3 is 14.8 Å². The summed E-state index contributed by atoms with van der Waals surface area (Å²) >= 11 is 0. The highest BCUT2D eigenvalue weighted by Crippen LogP contribution is 2.15. The van der Waals surface area contributed by atoms with Crippen LogP contribution in [0.25, 0.3) is 0 Å². The zero-order valence-corrected chi connectivity index (χ0v) is 23.2. The Balaban J connectivity index is 0.000000405. The summed E-state index contributed by atoms with van der Waals surface area (Å²) in [6.45, 7) is 16.1. The number of hydrogen-bond donors (Lipinski definition) is 1. The fourth-order valence-corrected chi connectivity index (χ4v) is 3.94. The summed E-state index contributed by atoms with van der Waals surface area (Å²) in [6.07, 6.45) is 12.8. The smallest absolute Gasteiger partial charge is 0.0701 e. The van der Waals surface area contributed by atoms with Crippen molar-refractivity contribution in [3.63, 3.8) is 0 Å². The molecule has 2 fully saturated rings. The number of nitrogens with zero attached hydrogens (tertiary/aromatic N) is 4. The Bertz CT molecular complexity index is 565. The van der Waals surface area contributed by atoms with Crippen molar-refractivity contribution in [3.8, 4) is 0 Å². The van der Waals surface area contributed by atoms with E-state index in [1.165, 1.54) is 75.6 Å². The van der Waals surface area contributed by atoms with Crippen LogP contribution in [-0.2, 0) is 9.47 Å². The van der Waals surface area contributed by atoms with Crippen LogP contribution < -0.4 is 5.32 Å². The van der Waals surface area contributed by atoms with Gasteiger partial charge in [0.2, 0.25) is 0 Å². The van der Waals surface area contributed by atoms with Gasteiger partial charge >= 0.3 is 0 Å². The van der Waals surface area contributed by atoms with Crippen LogP contribution in [0, 0.1) is 0 Å². The molecule has 0 unspecified atom stereocenters. The summed E-state index contributed by atoms with van der Waals surface area (Å²) in [5.74, 6) is 0. The summed E-state index contributed by atoms with van der Waals surface area (Å²) in [5.41, 5.74) is 5.08. The summed E-state index contributed by atoms with van der Waals surface area (Å²) in [6, 6.07) is 0. The minimum absolute atomic E-state index is 0.668. The lowest BCUT2D eigenvalue weighted by atomic mass is 9.99. The first-order valence-electron chi connectivity index (χ1n) is 13.9. The van der Waals surface area contributed by atoms with Crippen LogP contribution in [0.1, 0.15) is 91.9 Å². The number of rotatable bonds is 15. The van der Waals surface area contributed by atoms with E-state index in [4.69, 9.17) is 9.47 Å². The Hall–Kier alpha value is -1.44. The van der Waals surface area contributed by atoms with Gasteiger partial charge in [0.05, 0.1) is 52.6 Å². The van der Waals surface area contributed by atoms with E-state index in [-0.39, 0.29) is 0 Å². The van der Waals surface area contributed by atoms with Gasteiger partial charge in [-0.1, -0.05) is 12.8 Å². The van der Waals surface area contributed by atoms with E-state index in [1.807, 2.05) is 27.7 Å². The molecule has 7 heteroatoms. The molecule has 0 radical (unpaired) electrons. The van der Waals surface area contributed by atoms with Gasteiger partial charge in [0, 0.05) is 35.9 Å². The third-order valence-corrected chi connectivity index (χ3v) is 5.81. The SMILES string of the molecule is C1CCC(=NCCOCCOCCN=C2CCCCC2)CC1.CC(C)=NCCNCCN=C(C)C. The highest BCUT2D eigenvalue weighted by atomic mass is 16.5. The van der Waals surface area contributed by atoms with Gasteiger partial charge in [-0.25, -0.2) is 0 Å². The first-order valence-corrected chi connectivity index (χ1v) is 13.9. The van der Waals surface area contributed by atoms with Gasteiger partial charge in [-0.3, -0.25) is 20.0 Å². The Morgan fingerprint density at radius 2 is 0.971 bits per heavy atom. The van der Waals surface area contributed by atoms with Crippen molar-refractivity contribution >= 4 is 22.8 Å². The van der Waals surface area contributed by atoms with Crippen LogP contribution in [0.5, 0.6) is 0 Å². The molecule has 0 aromatic rings. The normalized spacial score (nSPS) is 15.7. The lowest BCUT2D eigenvalue weighted by Gasteiger charge is -2.12. The Kier molecular flexibility index (Phi) is 20.7. The van der Waals surface area contributed by atoms with Gasteiger partial charge in [0.15, 0.2) is 0 Å². The second kappa shape index (κ2) is 23.0. The monoisotopic (exact) mass is 491 g/mol. The summed E-state index contributed by atoms with van der Waals surface area (Å²) in [5, 5.41) is 3.28. The van der Waals surface area contributed by atoms with Crippen molar-refractivity contribution < 1.29 is 9.47 Å². The molecule has 0 heterocycles. The van der Waals surface area contributed by atoms with Crippen LogP contribution in [-0.4, -0.2) is 88.5 Å². The second-order valence-corrected chi connectivity index (χ2v) is 9.65. The molecule has 0 aromatic carbocycles. The number of hydrogen-bond acceptors (Lipinski definition) is 7. The fourth-order valence-electron chi connectivity index (χ4n) is 3.94. The second-order valence-electron chi connectivity index (χ2n) is 9.65. The molecule has 2 aliphatic rings. The minimum Gasteiger partial charge on any atom is -0.377 e. The first kappa shape index (κ1) is 31.6. The fraction of sp³-hybridized carbons (Fsp3) is 0.857. The van der Waals surface area contributed by atoms with Gasteiger partial charge in [-0.2, -0.15) is 0 Å². The molecule has 2 aliphatic carbocycles. The maximum absolute atomic E-state index is 5.55. The van der Waals surface area contributed by atoms with E-state index < -0.39 is 0 Å². The van der Waals surface area contributed by atoms with Crippen molar-refractivity contribution in [2.75, 3.05) is 65.7 Å². The van der Waals surface area contributed by atoms with Crippen LogP contribution in [0.2, 0.25) is 0 Å². The highest BCUT2D eigenvalue weighted by Gasteiger charge is 2.06. The molecule has 2 rings (SSSR count). The maximum Gasteiger partial charge on any atom is 0.0701 e. The zero-order valence-electron chi connectivity index (χ0n) is 23.2. The quantitative estimate of drug-likeness (QED) is 0.247. The van der Waals surface area contributed by atoms with E-state index in [2.05, 4.69) is 25.3 Å². The predicted molar refractivity (Wildman–Crippen MR) is 153 cm³/mol. The third-order valence-electron chi connectivity index (χ3n) is 5.81. The molecule has 0 bridgehead atoms. The molecule has 202 valence electrons. The average molecular weight is 492 g/mol. The third kappa shape index (κ3) is 21.6. The van der Waals surface area contributed by atoms with Crippen molar-refractivity contribution in [3.05, 3.63) is 0 Å². The van der Waals surface area contributed by atoms with E-state index in [9.17, 15) is 0 Å².